The van der Waals surface area contributed by atoms with Crippen LogP contribution in [0.25, 0.3) is 11.0 Å². The molecule has 0 bridgehead atoms. The second kappa shape index (κ2) is 5.22. The smallest absolute Gasteiger partial charge is 0.137 e. The van der Waals surface area contributed by atoms with Crippen LogP contribution in [-0.2, 0) is 6.42 Å². The average molecular weight is 348 g/mol. The van der Waals surface area contributed by atoms with Crippen LogP contribution in [0.2, 0.25) is 0 Å². The Morgan fingerprint density at radius 1 is 1.38 bits per heavy atom. The molecule has 21 heavy (non-hydrogen) atoms. The Hall–Kier alpha value is -1.75. The Labute approximate surface area is 132 Å². The van der Waals surface area contributed by atoms with Crippen LogP contribution >= 0.6 is 15.9 Å². The summed E-state index contributed by atoms with van der Waals surface area (Å²) in [5.74, 6) is 1.56. The van der Waals surface area contributed by atoms with Gasteiger partial charge in [0.15, 0.2) is 0 Å². The van der Waals surface area contributed by atoms with E-state index in [4.69, 9.17) is 10.2 Å². The van der Waals surface area contributed by atoms with Crippen molar-refractivity contribution in [3.05, 3.63) is 45.8 Å². The molecule has 0 aliphatic rings. The molecule has 2 N–H and O–H groups in total. The Bertz CT molecular complexity index is 803. The van der Waals surface area contributed by atoms with Crippen LogP contribution in [-0.4, -0.2) is 9.78 Å². The van der Waals surface area contributed by atoms with Gasteiger partial charge in [-0.15, -0.1) is 0 Å². The van der Waals surface area contributed by atoms with Crippen molar-refractivity contribution in [3.63, 3.8) is 0 Å². The second-order valence-corrected chi connectivity index (χ2v) is 5.99. The largest absolute Gasteiger partial charge is 0.458 e. The Morgan fingerprint density at radius 2 is 2.10 bits per heavy atom. The molecule has 0 saturated carbocycles. The maximum atomic E-state index is 6.14. The number of hydrogen-bond acceptors (Lipinski definition) is 3. The highest BCUT2D eigenvalue weighted by molar-refractivity contribution is 9.10. The zero-order valence-electron chi connectivity index (χ0n) is 12.4. The third-order valence-corrected chi connectivity index (χ3v) is 4.86. The fourth-order valence-corrected chi connectivity index (χ4v) is 3.03. The lowest BCUT2D eigenvalue weighted by molar-refractivity contribution is 0.442. The lowest BCUT2D eigenvalue weighted by Crippen LogP contribution is -2.12. The molecule has 0 radical (unpaired) electrons. The topological polar surface area (TPSA) is 57.0 Å². The number of fused-ring (bicyclic) bond motifs is 1. The molecule has 0 aliphatic heterocycles. The van der Waals surface area contributed by atoms with E-state index in [1.165, 1.54) is 10.9 Å². The van der Waals surface area contributed by atoms with Crippen molar-refractivity contribution >= 4 is 32.7 Å². The van der Waals surface area contributed by atoms with E-state index < -0.39 is 0 Å². The van der Waals surface area contributed by atoms with E-state index in [2.05, 4.69) is 40.9 Å². The van der Waals surface area contributed by atoms with E-state index in [-0.39, 0.29) is 6.04 Å². The molecular weight excluding hydrogens is 330 g/mol. The minimum absolute atomic E-state index is 0.0441. The van der Waals surface area contributed by atoms with E-state index >= 15 is 0 Å². The molecule has 0 aliphatic carbocycles. The number of nitrogen functional groups attached to an aromatic ring is 1. The number of aromatic nitrogens is 2. The lowest BCUT2D eigenvalue weighted by Gasteiger charge is -2.13. The number of para-hydroxylation sites is 1. The first-order valence-corrected chi connectivity index (χ1v) is 7.84. The molecule has 1 aromatic carbocycles. The summed E-state index contributed by atoms with van der Waals surface area (Å²) in [6.07, 6.45) is 0.915. The fourth-order valence-electron chi connectivity index (χ4n) is 2.77. The zero-order valence-corrected chi connectivity index (χ0v) is 13.9. The Kier molecular flexibility index (Phi) is 3.53. The number of nitrogens with zero attached hydrogens (tertiary/aromatic N) is 2. The van der Waals surface area contributed by atoms with Crippen LogP contribution in [0.4, 0.5) is 5.82 Å². The summed E-state index contributed by atoms with van der Waals surface area (Å²) in [4.78, 5) is 0. The maximum Gasteiger partial charge on any atom is 0.137 e. The van der Waals surface area contributed by atoms with Crippen LogP contribution in [0.3, 0.4) is 0 Å². The molecule has 3 aromatic rings. The number of aryl methyl sites for hydroxylation is 2. The summed E-state index contributed by atoms with van der Waals surface area (Å²) in [7, 11) is 0. The standard InChI is InChI=1S/C16H18BrN3O/c1-4-11-12-7-5-6-8-13(12)21-15(11)10(3)20-16(18)14(17)9(2)19-20/h5-8,10H,4,18H2,1-3H3. The molecule has 4 nitrogen and oxygen atoms in total. The second-order valence-electron chi connectivity index (χ2n) is 5.20. The maximum absolute atomic E-state index is 6.14. The van der Waals surface area contributed by atoms with E-state index in [0.717, 1.165) is 27.9 Å². The number of halogens is 1. The van der Waals surface area contributed by atoms with Crippen molar-refractivity contribution < 1.29 is 4.42 Å². The van der Waals surface area contributed by atoms with Gasteiger partial charge in [0, 0.05) is 10.9 Å². The minimum atomic E-state index is -0.0441. The van der Waals surface area contributed by atoms with Gasteiger partial charge in [-0.3, -0.25) is 0 Å². The van der Waals surface area contributed by atoms with Gasteiger partial charge in [0.1, 0.15) is 23.2 Å². The van der Waals surface area contributed by atoms with Gasteiger partial charge >= 0.3 is 0 Å². The van der Waals surface area contributed by atoms with Crippen LogP contribution in [0.15, 0.2) is 33.2 Å². The SMILES string of the molecule is CCc1c(C(C)n2nc(C)c(Br)c2N)oc2ccccc12. The summed E-state index contributed by atoms with van der Waals surface area (Å²) in [6.45, 7) is 6.14. The minimum Gasteiger partial charge on any atom is -0.458 e. The molecule has 1 unspecified atom stereocenters. The highest BCUT2D eigenvalue weighted by atomic mass is 79.9. The molecule has 2 heterocycles. The molecule has 0 amide bonds. The first-order valence-electron chi connectivity index (χ1n) is 7.05. The van der Waals surface area contributed by atoms with Crippen molar-refractivity contribution in [1.29, 1.82) is 0 Å². The van der Waals surface area contributed by atoms with Crippen molar-refractivity contribution in [1.82, 2.24) is 9.78 Å². The van der Waals surface area contributed by atoms with E-state index in [9.17, 15) is 0 Å². The summed E-state index contributed by atoms with van der Waals surface area (Å²) < 4.78 is 8.74. The van der Waals surface area contributed by atoms with E-state index in [1.807, 2.05) is 29.8 Å². The van der Waals surface area contributed by atoms with Gasteiger partial charge in [0.2, 0.25) is 0 Å². The van der Waals surface area contributed by atoms with Crippen LogP contribution in [0.1, 0.15) is 36.9 Å². The van der Waals surface area contributed by atoms with Gasteiger partial charge in [-0.2, -0.15) is 5.10 Å². The lowest BCUT2D eigenvalue weighted by atomic mass is 10.1. The number of rotatable bonds is 3. The quantitative estimate of drug-likeness (QED) is 0.761. The van der Waals surface area contributed by atoms with E-state index in [1.54, 1.807) is 0 Å². The molecule has 1 atom stereocenters. The number of nitrogens with two attached hydrogens (primary N) is 1. The molecule has 0 spiro atoms. The van der Waals surface area contributed by atoms with Gasteiger partial charge < -0.3 is 10.2 Å². The Morgan fingerprint density at radius 3 is 2.71 bits per heavy atom. The normalized spacial score (nSPS) is 13.0. The molecule has 110 valence electrons. The number of hydrogen-bond donors (Lipinski definition) is 1. The van der Waals surface area contributed by atoms with Crippen molar-refractivity contribution in [3.8, 4) is 0 Å². The van der Waals surface area contributed by atoms with Gasteiger partial charge in [0.05, 0.1) is 10.2 Å². The molecular formula is C16H18BrN3O. The van der Waals surface area contributed by atoms with Crippen molar-refractivity contribution in [2.75, 3.05) is 5.73 Å². The predicted molar refractivity (Wildman–Crippen MR) is 88.5 cm³/mol. The number of furan rings is 1. The van der Waals surface area contributed by atoms with Crippen molar-refractivity contribution in [2.24, 2.45) is 0 Å². The van der Waals surface area contributed by atoms with Crippen LogP contribution < -0.4 is 5.73 Å². The molecule has 2 aromatic heterocycles. The highest BCUT2D eigenvalue weighted by Gasteiger charge is 2.23. The summed E-state index contributed by atoms with van der Waals surface area (Å²) in [6, 6.07) is 8.08. The van der Waals surface area contributed by atoms with E-state index in [0.29, 0.717) is 5.82 Å². The van der Waals surface area contributed by atoms with Gasteiger partial charge in [-0.1, -0.05) is 25.1 Å². The molecule has 5 heteroatoms. The van der Waals surface area contributed by atoms with Crippen molar-refractivity contribution in [2.45, 2.75) is 33.2 Å². The van der Waals surface area contributed by atoms with Gasteiger partial charge in [-0.05, 0) is 42.3 Å². The van der Waals surface area contributed by atoms with Crippen LogP contribution in [0.5, 0.6) is 0 Å². The molecule has 0 saturated heterocycles. The third kappa shape index (κ3) is 2.16. The number of benzene rings is 1. The molecule has 3 rings (SSSR count). The summed E-state index contributed by atoms with van der Waals surface area (Å²) in [5.41, 5.74) is 9.16. The monoisotopic (exact) mass is 347 g/mol. The first kappa shape index (κ1) is 14.2. The highest BCUT2D eigenvalue weighted by Crippen LogP contribution is 2.34. The Balaban J connectivity index is 2.17. The zero-order chi connectivity index (χ0) is 15.1. The van der Waals surface area contributed by atoms with Gasteiger partial charge in [-0.25, -0.2) is 4.68 Å². The first-order chi connectivity index (χ1) is 10.0. The predicted octanol–water partition coefficient (Wildman–Crippen LogP) is 4.45. The van der Waals surface area contributed by atoms with Crippen LogP contribution in [0, 0.1) is 6.92 Å². The third-order valence-electron chi connectivity index (χ3n) is 3.88. The number of anilines is 1. The van der Waals surface area contributed by atoms with Gasteiger partial charge in [0.25, 0.3) is 0 Å². The molecule has 0 fully saturated rings. The summed E-state index contributed by atoms with van der Waals surface area (Å²) in [5, 5.41) is 5.69. The summed E-state index contributed by atoms with van der Waals surface area (Å²) >= 11 is 3.47. The average Bonchev–Trinajstić information content (AvgIpc) is 2.99. The fraction of sp³-hybridized carbons (Fsp3) is 0.312.